The molecule has 0 aliphatic heterocycles. The van der Waals surface area contributed by atoms with Crippen LogP contribution in [0.15, 0.2) is 28.4 Å². The maximum absolute atomic E-state index is 12.3. The summed E-state index contributed by atoms with van der Waals surface area (Å²) in [5, 5.41) is 0. The fourth-order valence-corrected chi connectivity index (χ4v) is 3.20. The van der Waals surface area contributed by atoms with Crippen LogP contribution in [-0.2, 0) is 30.5 Å². The van der Waals surface area contributed by atoms with Gasteiger partial charge in [0, 0.05) is 31.9 Å². The van der Waals surface area contributed by atoms with Gasteiger partial charge in [-0.3, -0.25) is 19.1 Å². The zero-order chi connectivity index (χ0) is 24.7. The Bertz CT molecular complexity index is 833. The van der Waals surface area contributed by atoms with Gasteiger partial charge in [-0.15, -0.1) is 6.58 Å². The Morgan fingerprint density at radius 3 is 2.58 bits per heavy atom. The maximum atomic E-state index is 12.3. The van der Waals surface area contributed by atoms with Crippen LogP contribution < -0.4 is 11.2 Å². The molecule has 188 valence electrons. The van der Waals surface area contributed by atoms with E-state index in [1.54, 1.807) is 13.0 Å². The van der Waals surface area contributed by atoms with Gasteiger partial charge in [-0.2, -0.15) is 0 Å². The number of unbranched alkanes of at least 4 members (excludes halogenated alkanes) is 2. The summed E-state index contributed by atoms with van der Waals surface area (Å²) >= 11 is 0. The van der Waals surface area contributed by atoms with Crippen molar-refractivity contribution in [3.05, 3.63) is 45.3 Å². The molecule has 1 aromatic rings. The number of carbonyl (C=O) groups is 1. The van der Waals surface area contributed by atoms with Crippen molar-refractivity contribution in [1.29, 1.82) is 0 Å². The summed E-state index contributed by atoms with van der Waals surface area (Å²) in [6.07, 6.45) is 7.35. The third-order valence-corrected chi connectivity index (χ3v) is 5.28. The predicted octanol–water partition coefficient (Wildman–Crippen LogP) is 3.09. The molecule has 0 spiro atoms. The molecule has 1 rings (SSSR count). The molecule has 1 N–H and O–H groups in total. The Morgan fingerprint density at radius 2 is 1.94 bits per heavy atom. The number of rotatable bonds is 18. The first-order valence-corrected chi connectivity index (χ1v) is 11.7. The zero-order valence-corrected chi connectivity index (χ0v) is 20.5. The normalized spacial score (nSPS) is 13.9. The van der Waals surface area contributed by atoms with Crippen molar-refractivity contribution >= 4 is 5.97 Å². The third kappa shape index (κ3) is 10.1. The molecule has 0 radical (unpaired) electrons. The molecule has 1 heterocycles. The van der Waals surface area contributed by atoms with E-state index in [0.717, 1.165) is 25.7 Å². The van der Waals surface area contributed by atoms with E-state index in [9.17, 15) is 14.4 Å². The van der Waals surface area contributed by atoms with E-state index in [-0.39, 0.29) is 19.9 Å². The lowest BCUT2D eigenvalue weighted by Gasteiger charge is -2.40. The van der Waals surface area contributed by atoms with Gasteiger partial charge in [-0.1, -0.05) is 32.8 Å². The lowest BCUT2D eigenvalue weighted by atomic mass is 9.91. The molecular formula is C24H40N2O7. The predicted molar refractivity (Wildman–Crippen MR) is 126 cm³/mol. The van der Waals surface area contributed by atoms with E-state index in [1.165, 1.54) is 17.7 Å². The highest BCUT2D eigenvalue weighted by atomic mass is 16.6. The lowest BCUT2D eigenvalue weighted by Crippen LogP contribution is -2.53. The number of nitrogens with zero attached hydrogens (tertiary/aromatic N) is 1. The van der Waals surface area contributed by atoms with Crippen LogP contribution in [0.25, 0.3) is 0 Å². The molecule has 0 bridgehead atoms. The second-order valence-electron chi connectivity index (χ2n) is 8.13. The Kier molecular flexibility index (Phi) is 13.6. The highest BCUT2D eigenvalue weighted by Gasteiger charge is 2.42. The summed E-state index contributed by atoms with van der Waals surface area (Å²) in [4.78, 5) is 37.9. The van der Waals surface area contributed by atoms with E-state index in [4.69, 9.17) is 18.9 Å². The number of nitrogens with one attached hydrogen (secondary N) is 1. The van der Waals surface area contributed by atoms with E-state index in [2.05, 4.69) is 25.4 Å². The number of H-pyrrole nitrogens is 1. The Labute approximate surface area is 196 Å². The second-order valence-corrected chi connectivity index (χ2v) is 8.13. The number of esters is 1. The average Bonchev–Trinajstić information content (AvgIpc) is 2.78. The van der Waals surface area contributed by atoms with Gasteiger partial charge < -0.3 is 18.9 Å². The summed E-state index contributed by atoms with van der Waals surface area (Å²) in [6.45, 7) is 12.0. The Morgan fingerprint density at radius 1 is 1.24 bits per heavy atom. The minimum Gasteiger partial charge on any atom is -0.463 e. The molecule has 0 amide bonds. The quantitative estimate of drug-likeness (QED) is 0.200. The van der Waals surface area contributed by atoms with Gasteiger partial charge in [0.1, 0.15) is 25.0 Å². The van der Waals surface area contributed by atoms with Crippen LogP contribution in [-0.4, -0.2) is 53.7 Å². The highest BCUT2D eigenvalue weighted by Crippen LogP contribution is 2.28. The number of hydrogen-bond donors (Lipinski definition) is 1. The molecular weight excluding hydrogens is 428 g/mol. The van der Waals surface area contributed by atoms with Gasteiger partial charge >= 0.3 is 11.7 Å². The largest absolute Gasteiger partial charge is 0.463 e. The minimum atomic E-state index is -1.01. The van der Waals surface area contributed by atoms with Crippen LogP contribution >= 0.6 is 0 Å². The van der Waals surface area contributed by atoms with Crippen molar-refractivity contribution in [2.75, 3.05) is 26.4 Å². The molecule has 9 nitrogen and oxygen atoms in total. The molecule has 1 unspecified atom stereocenters. The smallest absolute Gasteiger partial charge is 0.330 e. The summed E-state index contributed by atoms with van der Waals surface area (Å²) in [5.74, 6) is -0.420. The molecule has 2 atom stereocenters. The molecule has 9 heteroatoms. The molecule has 0 saturated heterocycles. The fourth-order valence-electron chi connectivity index (χ4n) is 3.20. The van der Waals surface area contributed by atoms with Gasteiger partial charge in [0.2, 0.25) is 0 Å². The van der Waals surface area contributed by atoms with Crippen molar-refractivity contribution < 1.29 is 23.7 Å². The van der Waals surface area contributed by atoms with E-state index < -0.39 is 28.9 Å². The van der Waals surface area contributed by atoms with Crippen LogP contribution in [0.1, 0.15) is 64.9 Å². The SMILES string of the molecule is C=CCC[C@](COCCCC)(OCn1cc(C)c(=O)[nH]c1=O)C(COC(C)=O)OCCCC. The van der Waals surface area contributed by atoms with Crippen LogP contribution in [0.5, 0.6) is 0 Å². The standard InChI is InChI=1S/C24H40N2O7/c1-6-9-12-24(17-30-13-10-7-2,21(16-32-20(5)27)31-14-11-8-3)33-18-26-15-19(4)22(28)25-23(26)29/h6,15,21H,1,7-14,16-18H2,2-5H3,(H,25,28,29)/t21?,24-/m1/s1. The van der Waals surface area contributed by atoms with Gasteiger partial charge in [0.25, 0.3) is 5.56 Å². The third-order valence-electron chi connectivity index (χ3n) is 5.28. The first kappa shape index (κ1) is 28.8. The van der Waals surface area contributed by atoms with E-state index in [1.807, 2.05) is 0 Å². The maximum Gasteiger partial charge on any atom is 0.330 e. The number of carbonyl (C=O) groups excluding carboxylic acids is 1. The fraction of sp³-hybridized carbons (Fsp3) is 0.708. The number of ether oxygens (including phenoxy) is 4. The Balaban J connectivity index is 3.29. The van der Waals surface area contributed by atoms with Crippen molar-refractivity contribution in [1.82, 2.24) is 9.55 Å². The Hall–Kier alpha value is -2.23. The lowest BCUT2D eigenvalue weighted by molar-refractivity contribution is -0.209. The van der Waals surface area contributed by atoms with Gasteiger partial charge in [-0.05, 0) is 32.6 Å². The summed E-state index contributed by atoms with van der Waals surface area (Å²) in [7, 11) is 0. The number of hydrogen-bond acceptors (Lipinski definition) is 7. The number of aromatic amines is 1. The average molecular weight is 469 g/mol. The molecule has 0 aliphatic carbocycles. The molecule has 0 aliphatic rings. The van der Waals surface area contributed by atoms with Gasteiger partial charge in [0.15, 0.2) is 0 Å². The first-order valence-electron chi connectivity index (χ1n) is 11.7. The number of allylic oxidation sites excluding steroid dienone is 1. The second kappa shape index (κ2) is 15.6. The first-order chi connectivity index (χ1) is 15.8. The molecule has 0 aromatic carbocycles. The van der Waals surface area contributed by atoms with Crippen molar-refractivity contribution in [2.45, 2.75) is 84.7 Å². The van der Waals surface area contributed by atoms with Crippen molar-refractivity contribution in [2.24, 2.45) is 0 Å². The topological polar surface area (TPSA) is 109 Å². The van der Waals surface area contributed by atoms with Crippen LogP contribution in [0, 0.1) is 6.92 Å². The molecule has 33 heavy (non-hydrogen) atoms. The summed E-state index contributed by atoms with van der Waals surface area (Å²) < 4.78 is 25.1. The van der Waals surface area contributed by atoms with Crippen molar-refractivity contribution in [3.8, 4) is 0 Å². The van der Waals surface area contributed by atoms with Crippen LogP contribution in [0.2, 0.25) is 0 Å². The monoisotopic (exact) mass is 468 g/mol. The number of aromatic nitrogens is 2. The van der Waals surface area contributed by atoms with E-state index >= 15 is 0 Å². The molecule has 0 fully saturated rings. The van der Waals surface area contributed by atoms with E-state index in [0.29, 0.717) is 31.6 Å². The molecule has 1 aromatic heterocycles. The zero-order valence-electron chi connectivity index (χ0n) is 20.5. The van der Waals surface area contributed by atoms with Crippen molar-refractivity contribution in [3.63, 3.8) is 0 Å². The summed E-state index contributed by atoms with van der Waals surface area (Å²) in [6, 6.07) is 0. The van der Waals surface area contributed by atoms with Gasteiger partial charge in [0.05, 0.1) is 6.61 Å². The van der Waals surface area contributed by atoms with Crippen LogP contribution in [0.4, 0.5) is 0 Å². The van der Waals surface area contributed by atoms with Gasteiger partial charge in [-0.25, -0.2) is 4.79 Å². The summed E-state index contributed by atoms with van der Waals surface area (Å²) in [5.41, 5.74) is -1.62. The minimum absolute atomic E-state index is 0.00707. The number of aryl methyl sites for hydroxylation is 1. The molecule has 0 saturated carbocycles. The highest BCUT2D eigenvalue weighted by molar-refractivity contribution is 5.65. The van der Waals surface area contributed by atoms with Crippen LogP contribution in [0.3, 0.4) is 0 Å².